The van der Waals surface area contributed by atoms with E-state index in [0.717, 1.165) is 44.8 Å². The van der Waals surface area contributed by atoms with Crippen LogP contribution in [0.5, 0.6) is 0 Å². The number of benzene rings is 1. The summed E-state index contributed by atoms with van der Waals surface area (Å²) >= 11 is 0. The summed E-state index contributed by atoms with van der Waals surface area (Å²) in [4.78, 5) is 14.3. The van der Waals surface area contributed by atoms with E-state index < -0.39 is 11.6 Å². The number of rotatable bonds is 5. The van der Waals surface area contributed by atoms with E-state index in [-0.39, 0.29) is 18.0 Å². The SMILES string of the molecule is CCC1CN(C(=O)C2CC2)CCC1NC(C)c1ccc(F)cc1F. The van der Waals surface area contributed by atoms with Gasteiger partial charge in [-0.1, -0.05) is 19.4 Å². The van der Waals surface area contributed by atoms with Crippen LogP contribution in [0.15, 0.2) is 18.2 Å². The van der Waals surface area contributed by atoms with Crippen molar-refractivity contribution in [2.75, 3.05) is 13.1 Å². The van der Waals surface area contributed by atoms with Crippen LogP contribution in [-0.2, 0) is 4.79 Å². The van der Waals surface area contributed by atoms with Crippen LogP contribution in [0.4, 0.5) is 8.78 Å². The summed E-state index contributed by atoms with van der Waals surface area (Å²) in [6, 6.07) is 3.80. The van der Waals surface area contributed by atoms with Crippen LogP contribution in [0.25, 0.3) is 0 Å². The molecule has 1 aliphatic heterocycles. The van der Waals surface area contributed by atoms with Gasteiger partial charge in [0.2, 0.25) is 5.91 Å². The van der Waals surface area contributed by atoms with Crippen LogP contribution < -0.4 is 5.32 Å². The first-order valence-electron chi connectivity index (χ1n) is 8.99. The molecule has 24 heavy (non-hydrogen) atoms. The standard InChI is InChI=1S/C19H26F2N2O/c1-3-13-11-23(19(24)14-4-5-14)9-8-18(13)22-12(2)16-7-6-15(20)10-17(16)21/h6-7,10,12-14,18,22H,3-5,8-9,11H2,1-2H3. The molecule has 1 N–H and O–H groups in total. The number of halogens is 2. The Morgan fingerprint density at radius 2 is 2.08 bits per heavy atom. The van der Waals surface area contributed by atoms with Crippen LogP contribution in [0.1, 0.15) is 51.1 Å². The highest BCUT2D eigenvalue weighted by Crippen LogP contribution is 2.33. The van der Waals surface area contributed by atoms with Gasteiger partial charge in [0.15, 0.2) is 0 Å². The molecular weight excluding hydrogens is 310 g/mol. The minimum atomic E-state index is -0.554. The average molecular weight is 336 g/mol. The van der Waals surface area contributed by atoms with Gasteiger partial charge < -0.3 is 10.2 Å². The Balaban J connectivity index is 1.62. The molecule has 3 rings (SSSR count). The van der Waals surface area contributed by atoms with Crippen molar-refractivity contribution in [1.29, 1.82) is 0 Å². The molecule has 1 heterocycles. The summed E-state index contributed by atoms with van der Waals surface area (Å²) in [5.74, 6) is -0.123. The zero-order valence-electron chi connectivity index (χ0n) is 14.4. The van der Waals surface area contributed by atoms with Crippen LogP contribution in [0, 0.1) is 23.5 Å². The minimum Gasteiger partial charge on any atom is -0.342 e. The lowest BCUT2D eigenvalue weighted by Crippen LogP contribution is -2.51. The number of carbonyl (C=O) groups excluding carboxylic acids is 1. The molecule has 1 aromatic rings. The molecule has 1 aliphatic carbocycles. The molecule has 1 saturated heterocycles. The van der Waals surface area contributed by atoms with E-state index in [9.17, 15) is 13.6 Å². The van der Waals surface area contributed by atoms with Crippen molar-refractivity contribution in [3.63, 3.8) is 0 Å². The maximum atomic E-state index is 14.0. The summed E-state index contributed by atoms with van der Waals surface area (Å²) in [7, 11) is 0. The molecule has 2 aliphatic rings. The molecule has 2 fully saturated rings. The van der Waals surface area contributed by atoms with Gasteiger partial charge in [-0.2, -0.15) is 0 Å². The second kappa shape index (κ2) is 7.18. The first kappa shape index (κ1) is 17.3. The molecule has 5 heteroatoms. The van der Waals surface area contributed by atoms with Crippen LogP contribution in [-0.4, -0.2) is 29.9 Å². The lowest BCUT2D eigenvalue weighted by molar-refractivity contribution is -0.134. The van der Waals surface area contributed by atoms with Crippen molar-refractivity contribution >= 4 is 5.91 Å². The molecule has 1 amide bonds. The summed E-state index contributed by atoms with van der Waals surface area (Å²) in [5, 5.41) is 3.50. The Bertz CT molecular complexity index is 603. The van der Waals surface area contributed by atoms with Gasteiger partial charge in [0.25, 0.3) is 0 Å². The summed E-state index contributed by atoms with van der Waals surface area (Å²) in [5.41, 5.74) is 0.489. The fraction of sp³-hybridized carbons (Fsp3) is 0.632. The Morgan fingerprint density at radius 3 is 2.71 bits per heavy atom. The van der Waals surface area contributed by atoms with E-state index in [1.54, 1.807) is 0 Å². The molecule has 3 nitrogen and oxygen atoms in total. The second-order valence-corrected chi connectivity index (χ2v) is 7.18. The molecular formula is C19H26F2N2O. The highest BCUT2D eigenvalue weighted by atomic mass is 19.1. The number of nitrogens with zero attached hydrogens (tertiary/aromatic N) is 1. The highest BCUT2D eigenvalue weighted by molar-refractivity contribution is 5.81. The average Bonchev–Trinajstić information content (AvgIpc) is 3.39. The first-order chi connectivity index (χ1) is 11.5. The Hall–Kier alpha value is -1.49. The van der Waals surface area contributed by atoms with Crippen molar-refractivity contribution in [3.05, 3.63) is 35.4 Å². The number of hydrogen-bond acceptors (Lipinski definition) is 2. The van der Waals surface area contributed by atoms with Gasteiger partial charge >= 0.3 is 0 Å². The molecule has 0 radical (unpaired) electrons. The molecule has 1 saturated carbocycles. The van der Waals surface area contributed by atoms with Crippen molar-refractivity contribution in [3.8, 4) is 0 Å². The van der Waals surface area contributed by atoms with Gasteiger partial charge in [-0.3, -0.25) is 4.79 Å². The van der Waals surface area contributed by atoms with Gasteiger partial charge in [-0.15, -0.1) is 0 Å². The molecule has 1 aromatic carbocycles. The summed E-state index contributed by atoms with van der Waals surface area (Å²) in [6.45, 7) is 5.59. The van der Waals surface area contributed by atoms with Gasteiger partial charge in [-0.25, -0.2) is 8.78 Å². The Morgan fingerprint density at radius 1 is 1.33 bits per heavy atom. The van der Waals surface area contributed by atoms with Crippen molar-refractivity contribution in [1.82, 2.24) is 10.2 Å². The number of carbonyl (C=O) groups is 1. The molecule has 0 spiro atoms. The van der Waals surface area contributed by atoms with Gasteiger partial charge in [0.05, 0.1) is 0 Å². The van der Waals surface area contributed by atoms with Crippen LogP contribution in [0.2, 0.25) is 0 Å². The number of amides is 1. The lowest BCUT2D eigenvalue weighted by Gasteiger charge is -2.40. The van der Waals surface area contributed by atoms with E-state index in [1.165, 1.54) is 12.1 Å². The van der Waals surface area contributed by atoms with Crippen molar-refractivity contribution in [2.45, 2.75) is 51.6 Å². The molecule has 3 atom stereocenters. The second-order valence-electron chi connectivity index (χ2n) is 7.18. The third kappa shape index (κ3) is 3.77. The topological polar surface area (TPSA) is 32.3 Å². The van der Waals surface area contributed by atoms with Crippen molar-refractivity contribution in [2.24, 2.45) is 11.8 Å². The Kier molecular flexibility index (Phi) is 5.18. The highest BCUT2D eigenvalue weighted by Gasteiger charge is 2.37. The third-order valence-electron chi connectivity index (χ3n) is 5.39. The normalized spacial score (nSPS) is 25.6. The first-order valence-corrected chi connectivity index (χ1v) is 8.99. The fourth-order valence-electron chi connectivity index (χ4n) is 3.72. The maximum Gasteiger partial charge on any atom is 0.225 e. The third-order valence-corrected chi connectivity index (χ3v) is 5.39. The summed E-state index contributed by atoms with van der Waals surface area (Å²) in [6.07, 6.45) is 3.93. The van der Waals surface area contributed by atoms with E-state index in [0.29, 0.717) is 17.4 Å². The van der Waals surface area contributed by atoms with Crippen LogP contribution >= 0.6 is 0 Å². The number of hydrogen-bond donors (Lipinski definition) is 1. The quantitative estimate of drug-likeness (QED) is 0.890. The predicted molar refractivity (Wildman–Crippen MR) is 89.4 cm³/mol. The Labute approximate surface area is 142 Å². The number of piperidine rings is 1. The number of nitrogens with one attached hydrogen (secondary N) is 1. The molecule has 0 aromatic heterocycles. The van der Waals surface area contributed by atoms with E-state index in [2.05, 4.69) is 12.2 Å². The minimum absolute atomic E-state index is 0.185. The van der Waals surface area contributed by atoms with E-state index in [4.69, 9.17) is 0 Å². The van der Waals surface area contributed by atoms with E-state index in [1.807, 2.05) is 11.8 Å². The zero-order chi connectivity index (χ0) is 17.3. The largest absolute Gasteiger partial charge is 0.342 e. The number of likely N-dealkylation sites (tertiary alicyclic amines) is 1. The monoisotopic (exact) mass is 336 g/mol. The maximum absolute atomic E-state index is 14.0. The summed E-state index contributed by atoms with van der Waals surface area (Å²) < 4.78 is 27.0. The molecule has 0 bridgehead atoms. The zero-order valence-corrected chi connectivity index (χ0v) is 14.4. The van der Waals surface area contributed by atoms with Gasteiger partial charge in [-0.05, 0) is 38.2 Å². The smallest absolute Gasteiger partial charge is 0.225 e. The van der Waals surface area contributed by atoms with Gasteiger partial charge in [0.1, 0.15) is 11.6 Å². The van der Waals surface area contributed by atoms with Crippen molar-refractivity contribution < 1.29 is 13.6 Å². The molecule has 132 valence electrons. The van der Waals surface area contributed by atoms with Crippen LogP contribution in [0.3, 0.4) is 0 Å². The molecule has 3 unspecified atom stereocenters. The lowest BCUT2D eigenvalue weighted by atomic mass is 9.88. The predicted octanol–water partition coefficient (Wildman–Crippen LogP) is 3.65. The van der Waals surface area contributed by atoms with Gasteiger partial charge in [0, 0.05) is 42.7 Å². The van der Waals surface area contributed by atoms with E-state index >= 15 is 0 Å². The fourth-order valence-corrected chi connectivity index (χ4v) is 3.72.